The molecule has 1 N–H and O–H groups in total. The van der Waals surface area contributed by atoms with Crippen molar-refractivity contribution in [2.75, 3.05) is 25.5 Å². The zero-order valence-corrected chi connectivity index (χ0v) is 11.7. The second kappa shape index (κ2) is 6.28. The molecule has 1 aromatic rings. The minimum atomic E-state index is -0.0589. The van der Waals surface area contributed by atoms with Crippen LogP contribution in [0.2, 0.25) is 15.2 Å². The fourth-order valence-electron chi connectivity index (χ4n) is 1.04. The monoisotopic (exact) mass is 295 g/mol. The third-order valence-electron chi connectivity index (χ3n) is 2.19. The topological polar surface area (TPSA) is 45.2 Å². The number of rotatable bonds is 4. The van der Waals surface area contributed by atoms with Gasteiger partial charge >= 0.3 is 0 Å². The Balaban J connectivity index is 2.70. The van der Waals surface area contributed by atoms with Gasteiger partial charge in [0.15, 0.2) is 0 Å². The molecule has 0 atom stereocenters. The van der Waals surface area contributed by atoms with Gasteiger partial charge < -0.3 is 10.2 Å². The van der Waals surface area contributed by atoms with Crippen molar-refractivity contribution in [3.05, 3.63) is 21.3 Å². The third kappa shape index (κ3) is 3.91. The van der Waals surface area contributed by atoms with Gasteiger partial charge in [-0.25, -0.2) is 4.98 Å². The lowest BCUT2D eigenvalue weighted by Gasteiger charge is -2.15. The molecular weight excluding hydrogens is 284 g/mol. The van der Waals surface area contributed by atoms with Gasteiger partial charge in [0.1, 0.15) is 11.0 Å². The van der Waals surface area contributed by atoms with Crippen LogP contribution in [0.1, 0.15) is 6.92 Å². The highest BCUT2D eigenvalue weighted by Gasteiger charge is 2.10. The second-order valence-corrected chi connectivity index (χ2v) is 4.53. The van der Waals surface area contributed by atoms with Crippen LogP contribution < -0.4 is 5.32 Å². The van der Waals surface area contributed by atoms with Crippen LogP contribution in [-0.4, -0.2) is 35.9 Å². The van der Waals surface area contributed by atoms with Crippen LogP contribution in [0.5, 0.6) is 0 Å². The first-order valence-corrected chi connectivity index (χ1v) is 6.08. The number of amides is 1. The summed E-state index contributed by atoms with van der Waals surface area (Å²) in [6, 6.07) is 1.48. The summed E-state index contributed by atoms with van der Waals surface area (Å²) in [7, 11) is 1.72. The highest BCUT2D eigenvalue weighted by atomic mass is 35.5. The average molecular weight is 297 g/mol. The van der Waals surface area contributed by atoms with E-state index < -0.39 is 0 Å². The Morgan fingerprint density at radius 1 is 1.41 bits per heavy atom. The first-order valence-electron chi connectivity index (χ1n) is 4.95. The lowest BCUT2D eigenvalue weighted by Crippen LogP contribution is -2.32. The van der Waals surface area contributed by atoms with E-state index in [9.17, 15) is 4.79 Å². The minimum Gasteiger partial charge on any atom is -0.360 e. The molecule has 4 nitrogen and oxygen atoms in total. The summed E-state index contributed by atoms with van der Waals surface area (Å²) in [5, 5.41) is 3.57. The number of nitrogens with zero attached hydrogens (tertiary/aromatic N) is 2. The van der Waals surface area contributed by atoms with E-state index in [0.29, 0.717) is 17.4 Å². The van der Waals surface area contributed by atoms with E-state index in [1.165, 1.54) is 6.07 Å². The van der Waals surface area contributed by atoms with E-state index in [0.717, 1.165) is 0 Å². The molecule has 0 saturated heterocycles. The Kier molecular flexibility index (Phi) is 5.31. The Morgan fingerprint density at radius 2 is 2.06 bits per heavy atom. The molecule has 7 heteroatoms. The van der Waals surface area contributed by atoms with Crippen LogP contribution in [0.4, 0.5) is 5.82 Å². The maximum atomic E-state index is 11.5. The predicted octanol–water partition coefficient (Wildman–Crippen LogP) is 2.93. The molecule has 1 amide bonds. The number of pyridine rings is 1. The van der Waals surface area contributed by atoms with Gasteiger partial charge in [-0.2, -0.15) is 0 Å². The normalized spacial score (nSPS) is 10.2. The first kappa shape index (κ1) is 14.4. The smallest absolute Gasteiger partial charge is 0.241 e. The maximum Gasteiger partial charge on any atom is 0.241 e. The number of hydrogen-bond donors (Lipinski definition) is 1. The van der Waals surface area contributed by atoms with Crippen molar-refractivity contribution in [1.29, 1.82) is 0 Å². The number of carbonyl (C=O) groups excluding carboxylic acids is 1. The van der Waals surface area contributed by atoms with Gasteiger partial charge in [0.05, 0.1) is 16.6 Å². The van der Waals surface area contributed by atoms with Gasteiger partial charge in [-0.3, -0.25) is 4.79 Å². The Bertz CT molecular complexity index is 426. The fourth-order valence-corrected chi connectivity index (χ4v) is 1.60. The number of likely N-dealkylation sites (N-methyl/N-ethyl adjacent to an activating group) is 1. The quantitative estimate of drug-likeness (QED) is 0.869. The second-order valence-electron chi connectivity index (χ2n) is 3.35. The zero-order chi connectivity index (χ0) is 13.0. The Hall–Kier alpha value is -0.710. The molecule has 0 aliphatic rings. The van der Waals surface area contributed by atoms with E-state index in [1.807, 2.05) is 6.92 Å². The zero-order valence-electron chi connectivity index (χ0n) is 9.43. The number of anilines is 1. The van der Waals surface area contributed by atoms with Gasteiger partial charge in [0.2, 0.25) is 5.91 Å². The summed E-state index contributed by atoms with van der Waals surface area (Å²) < 4.78 is 0. The predicted molar refractivity (Wildman–Crippen MR) is 71.1 cm³/mol. The molecule has 0 spiro atoms. The number of hydrogen-bond acceptors (Lipinski definition) is 3. The van der Waals surface area contributed by atoms with Crippen molar-refractivity contribution < 1.29 is 4.79 Å². The molecule has 1 aromatic heterocycles. The fraction of sp³-hybridized carbons (Fsp3) is 0.400. The van der Waals surface area contributed by atoms with Crippen LogP contribution in [0, 0.1) is 0 Å². The molecule has 0 fully saturated rings. The minimum absolute atomic E-state index is 0.0589. The summed E-state index contributed by atoms with van der Waals surface area (Å²) in [6.07, 6.45) is 0. The molecule has 94 valence electrons. The molecule has 1 heterocycles. The molecule has 0 aromatic carbocycles. The first-order chi connectivity index (χ1) is 7.95. The molecule has 1 rings (SSSR count). The van der Waals surface area contributed by atoms with E-state index >= 15 is 0 Å². The van der Waals surface area contributed by atoms with E-state index in [1.54, 1.807) is 11.9 Å². The van der Waals surface area contributed by atoms with E-state index in [-0.39, 0.29) is 22.6 Å². The summed E-state index contributed by atoms with van der Waals surface area (Å²) >= 11 is 17.4. The molecule has 0 radical (unpaired) electrons. The molecule has 0 saturated carbocycles. The number of aromatic nitrogens is 1. The van der Waals surface area contributed by atoms with Crippen molar-refractivity contribution in [2.24, 2.45) is 0 Å². The number of carbonyl (C=O) groups is 1. The Labute approximate surface area is 115 Å². The van der Waals surface area contributed by atoms with Gasteiger partial charge in [0.25, 0.3) is 0 Å². The van der Waals surface area contributed by atoms with Crippen molar-refractivity contribution in [3.63, 3.8) is 0 Å². The summed E-state index contributed by atoms with van der Waals surface area (Å²) in [4.78, 5) is 17.1. The lowest BCUT2D eigenvalue weighted by molar-refractivity contribution is -0.127. The molecule has 0 unspecified atom stereocenters. The maximum absolute atomic E-state index is 11.5. The van der Waals surface area contributed by atoms with Crippen molar-refractivity contribution in [2.45, 2.75) is 6.92 Å². The molecule has 17 heavy (non-hydrogen) atoms. The number of nitrogens with one attached hydrogen (secondary N) is 1. The van der Waals surface area contributed by atoms with Gasteiger partial charge in [-0.15, -0.1) is 0 Å². The molecular formula is C10H12Cl3N3O. The number of halogens is 3. The Morgan fingerprint density at radius 3 is 2.65 bits per heavy atom. The third-order valence-corrected chi connectivity index (χ3v) is 3.15. The molecule has 0 aliphatic heterocycles. The van der Waals surface area contributed by atoms with Gasteiger partial charge in [0, 0.05) is 13.6 Å². The van der Waals surface area contributed by atoms with Crippen molar-refractivity contribution >= 4 is 46.5 Å². The van der Waals surface area contributed by atoms with E-state index in [2.05, 4.69) is 10.3 Å². The summed E-state index contributed by atoms with van der Waals surface area (Å²) in [5.74, 6) is 0.287. The summed E-state index contributed by atoms with van der Waals surface area (Å²) in [6.45, 7) is 2.64. The SMILES string of the molecule is CCN(C)C(=O)CNc1nc(Cl)c(Cl)cc1Cl. The van der Waals surface area contributed by atoms with Crippen LogP contribution in [0.3, 0.4) is 0 Å². The van der Waals surface area contributed by atoms with E-state index in [4.69, 9.17) is 34.8 Å². The van der Waals surface area contributed by atoms with Crippen molar-refractivity contribution in [3.8, 4) is 0 Å². The average Bonchev–Trinajstić information content (AvgIpc) is 2.30. The lowest BCUT2D eigenvalue weighted by atomic mass is 10.4. The van der Waals surface area contributed by atoms with Crippen LogP contribution in [-0.2, 0) is 4.79 Å². The van der Waals surface area contributed by atoms with Crippen LogP contribution in [0.25, 0.3) is 0 Å². The van der Waals surface area contributed by atoms with Crippen molar-refractivity contribution in [1.82, 2.24) is 9.88 Å². The van der Waals surface area contributed by atoms with Crippen LogP contribution in [0.15, 0.2) is 6.07 Å². The molecule has 0 bridgehead atoms. The highest BCUT2D eigenvalue weighted by molar-refractivity contribution is 6.42. The van der Waals surface area contributed by atoms with Gasteiger partial charge in [-0.05, 0) is 13.0 Å². The van der Waals surface area contributed by atoms with Crippen LogP contribution >= 0.6 is 34.8 Å². The standard InChI is InChI=1S/C10H12Cl3N3O/c1-3-16(2)8(17)5-14-10-7(12)4-6(11)9(13)15-10/h4H,3,5H2,1-2H3,(H,14,15). The highest BCUT2D eigenvalue weighted by Crippen LogP contribution is 2.28. The molecule has 0 aliphatic carbocycles. The largest absolute Gasteiger partial charge is 0.360 e. The summed E-state index contributed by atoms with van der Waals surface area (Å²) in [5.41, 5.74) is 0. The van der Waals surface area contributed by atoms with Gasteiger partial charge in [-0.1, -0.05) is 34.8 Å².